The molecule has 0 N–H and O–H groups in total. The second-order valence-corrected chi connectivity index (χ2v) is 7.47. The van der Waals surface area contributed by atoms with Crippen LogP contribution < -0.4 is 0 Å². The van der Waals surface area contributed by atoms with E-state index >= 15 is 0 Å². The number of carbonyl (C=O) groups excluding carboxylic acids is 1. The molecule has 23 heavy (non-hydrogen) atoms. The van der Waals surface area contributed by atoms with Crippen LogP contribution in [-0.2, 0) is 11.3 Å². The van der Waals surface area contributed by atoms with E-state index in [0.717, 1.165) is 44.7 Å². The molecular formula is C19H31N3O. The maximum atomic E-state index is 12.2. The van der Waals surface area contributed by atoms with Crippen molar-refractivity contribution in [3.05, 3.63) is 29.9 Å². The largest absolute Gasteiger partial charge is 0.342 e. The zero-order valence-corrected chi connectivity index (χ0v) is 15.1. The predicted octanol–water partition coefficient (Wildman–Crippen LogP) is 3.96. The molecule has 4 nitrogen and oxygen atoms in total. The van der Waals surface area contributed by atoms with Gasteiger partial charge in [-0.15, -0.1) is 0 Å². The lowest BCUT2D eigenvalue weighted by Crippen LogP contribution is -2.45. The summed E-state index contributed by atoms with van der Waals surface area (Å²) in [6, 6.07) is 0. The van der Waals surface area contributed by atoms with Crippen LogP contribution in [-0.4, -0.2) is 33.4 Å². The number of piperidine rings is 1. The van der Waals surface area contributed by atoms with E-state index in [1.165, 1.54) is 12.0 Å². The van der Waals surface area contributed by atoms with Gasteiger partial charge in [-0.05, 0) is 51.9 Å². The van der Waals surface area contributed by atoms with Crippen molar-refractivity contribution >= 4 is 5.91 Å². The highest BCUT2D eigenvalue weighted by molar-refractivity contribution is 5.77. The Labute approximate surface area is 140 Å². The van der Waals surface area contributed by atoms with Gasteiger partial charge < -0.3 is 9.47 Å². The Morgan fingerprint density at radius 1 is 1.39 bits per heavy atom. The number of aryl methyl sites for hydroxylation is 2. The molecule has 0 aromatic carbocycles. The molecule has 0 saturated carbocycles. The van der Waals surface area contributed by atoms with Crippen molar-refractivity contribution in [1.82, 2.24) is 14.5 Å². The fraction of sp³-hybridized carbons (Fsp3) is 0.684. The zero-order valence-electron chi connectivity index (χ0n) is 15.1. The lowest BCUT2D eigenvalue weighted by molar-refractivity contribution is -0.137. The summed E-state index contributed by atoms with van der Waals surface area (Å²) in [5.41, 5.74) is 1.65. The molecule has 1 aromatic heterocycles. The Balaban J connectivity index is 1.84. The first kappa shape index (κ1) is 17.8. The average molecular weight is 317 g/mol. The first-order valence-corrected chi connectivity index (χ1v) is 8.78. The number of nitrogens with zero attached hydrogens (tertiary/aromatic N) is 3. The molecule has 1 amide bonds. The molecule has 128 valence electrons. The standard InChI is InChI=1S/C19H31N3O/c1-16(2)7-5-9-19(4)10-8-18(23)22(15-19)13-6-12-21-14-11-20-17(21)3/h7,11,14H,5-6,8-10,12-13,15H2,1-4H3/t19-/m1/s1. The van der Waals surface area contributed by atoms with Crippen LogP contribution in [0, 0.1) is 12.3 Å². The molecule has 1 fully saturated rings. The minimum atomic E-state index is 0.269. The van der Waals surface area contributed by atoms with Crippen molar-refractivity contribution in [3.63, 3.8) is 0 Å². The average Bonchev–Trinajstić information content (AvgIpc) is 2.88. The van der Waals surface area contributed by atoms with Crippen LogP contribution in [0.15, 0.2) is 24.0 Å². The van der Waals surface area contributed by atoms with Gasteiger partial charge in [-0.1, -0.05) is 18.6 Å². The Morgan fingerprint density at radius 2 is 2.17 bits per heavy atom. The number of carbonyl (C=O) groups is 1. The highest BCUT2D eigenvalue weighted by Gasteiger charge is 2.33. The van der Waals surface area contributed by atoms with E-state index in [1.54, 1.807) is 0 Å². The normalized spacial score (nSPS) is 21.6. The van der Waals surface area contributed by atoms with E-state index in [-0.39, 0.29) is 5.41 Å². The molecule has 0 radical (unpaired) electrons. The monoisotopic (exact) mass is 317 g/mol. The summed E-state index contributed by atoms with van der Waals surface area (Å²) in [4.78, 5) is 18.5. The summed E-state index contributed by atoms with van der Waals surface area (Å²) < 4.78 is 2.16. The van der Waals surface area contributed by atoms with Crippen LogP contribution in [0.4, 0.5) is 0 Å². The van der Waals surface area contributed by atoms with Gasteiger partial charge in [-0.25, -0.2) is 4.98 Å². The van der Waals surface area contributed by atoms with Crippen molar-refractivity contribution in [2.75, 3.05) is 13.1 Å². The fourth-order valence-corrected chi connectivity index (χ4v) is 3.38. The quantitative estimate of drug-likeness (QED) is 0.714. The van der Waals surface area contributed by atoms with E-state index < -0.39 is 0 Å². The van der Waals surface area contributed by atoms with E-state index in [0.29, 0.717) is 12.3 Å². The smallest absolute Gasteiger partial charge is 0.222 e. The van der Waals surface area contributed by atoms with Gasteiger partial charge in [0.25, 0.3) is 0 Å². The van der Waals surface area contributed by atoms with Crippen molar-refractivity contribution < 1.29 is 4.79 Å². The molecular weight excluding hydrogens is 286 g/mol. The summed E-state index contributed by atoms with van der Waals surface area (Å²) in [7, 11) is 0. The SMILES string of the molecule is CC(C)=CCC[C@]1(C)CCC(=O)N(CCCn2ccnc2C)C1. The Morgan fingerprint density at radius 3 is 2.83 bits per heavy atom. The molecule has 0 aliphatic carbocycles. The van der Waals surface area contributed by atoms with E-state index in [4.69, 9.17) is 0 Å². The van der Waals surface area contributed by atoms with Gasteiger partial charge >= 0.3 is 0 Å². The minimum absolute atomic E-state index is 0.269. The van der Waals surface area contributed by atoms with E-state index in [2.05, 4.69) is 41.3 Å². The maximum absolute atomic E-state index is 12.2. The van der Waals surface area contributed by atoms with Gasteiger partial charge in [0, 0.05) is 38.4 Å². The molecule has 1 aliphatic rings. The third-order valence-corrected chi connectivity index (χ3v) is 4.92. The number of amides is 1. The topological polar surface area (TPSA) is 38.1 Å². The number of rotatable bonds is 7. The van der Waals surface area contributed by atoms with E-state index in [9.17, 15) is 4.79 Å². The molecule has 0 spiro atoms. The third-order valence-electron chi connectivity index (χ3n) is 4.92. The maximum Gasteiger partial charge on any atom is 0.222 e. The van der Waals surface area contributed by atoms with Crippen LogP contribution >= 0.6 is 0 Å². The zero-order chi connectivity index (χ0) is 16.9. The molecule has 4 heteroatoms. The van der Waals surface area contributed by atoms with Gasteiger partial charge in [0.1, 0.15) is 5.82 Å². The second kappa shape index (κ2) is 7.80. The summed E-state index contributed by atoms with van der Waals surface area (Å²) in [5.74, 6) is 1.37. The fourth-order valence-electron chi connectivity index (χ4n) is 3.38. The molecule has 1 saturated heterocycles. The predicted molar refractivity (Wildman–Crippen MR) is 94.2 cm³/mol. The van der Waals surface area contributed by atoms with Crippen LogP contribution in [0.25, 0.3) is 0 Å². The van der Waals surface area contributed by atoms with Crippen molar-refractivity contribution in [2.45, 2.75) is 66.3 Å². The summed E-state index contributed by atoms with van der Waals surface area (Å²) >= 11 is 0. The van der Waals surface area contributed by atoms with Crippen molar-refractivity contribution in [3.8, 4) is 0 Å². The van der Waals surface area contributed by atoms with Crippen molar-refractivity contribution in [1.29, 1.82) is 0 Å². The van der Waals surface area contributed by atoms with Crippen LogP contribution in [0.5, 0.6) is 0 Å². The molecule has 2 heterocycles. The molecule has 1 aromatic rings. The third kappa shape index (κ3) is 5.22. The lowest BCUT2D eigenvalue weighted by atomic mass is 9.77. The number of aromatic nitrogens is 2. The van der Waals surface area contributed by atoms with Gasteiger partial charge in [-0.3, -0.25) is 4.79 Å². The summed E-state index contributed by atoms with van der Waals surface area (Å²) in [5, 5.41) is 0. The van der Waals surface area contributed by atoms with Gasteiger partial charge in [0.05, 0.1) is 0 Å². The number of hydrogen-bond donors (Lipinski definition) is 0. The van der Waals surface area contributed by atoms with Crippen LogP contribution in [0.3, 0.4) is 0 Å². The molecule has 1 aliphatic heterocycles. The molecule has 0 unspecified atom stereocenters. The van der Waals surface area contributed by atoms with Gasteiger partial charge in [0.15, 0.2) is 0 Å². The van der Waals surface area contributed by atoms with Gasteiger partial charge in [-0.2, -0.15) is 0 Å². The van der Waals surface area contributed by atoms with E-state index in [1.807, 2.05) is 19.3 Å². The number of imidazole rings is 1. The Hall–Kier alpha value is -1.58. The first-order valence-electron chi connectivity index (χ1n) is 8.78. The van der Waals surface area contributed by atoms with Crippen LogP contribution in [0.1, 0.15) is 58.7 Å². The molecule has 1 atom stereocenters. The molecule has 0 bridgehead atoms. The minimum Gasteiger partial charge on any atom is -0.342 e. The highest BCUT2D eigenvalue weighted by atomic mass is 16.2. The van der Waals surface area contributed by atoms with Gasteiger partial charge in [0.2, 0.25) is 5.91 Å². The summed E-state index contributed by atoms with van der Waals surface area (Å²) in [6.07, 6.45) is 11.2. The second-order valence-electron chi connectivity index (χ2n) is 7.47. The number of likely N-dealkylation sites (tertiary alicyclic amines) is 1. The van der Waals surface area contributed by atoms with Crippen molar-refractivity contribution in [2.24, 2.45) is 5.41 Å². The van der Waals surface area contributed by atoms with Crippen LogP contribution in [0.2, 0.25) is 0 Å². The Bertz CT molecular complexity index is 557. The Kier molecular flexibility index (Phi) is 6.03. The molecule has 2 rings (SSSR count). The number of allylic oxidation sites excluding steroid dienone is 2. The lowest BCUT2D eigenvalue weighted by Gasteiger charge is -2.40. The first-order chi connectivity index (χ1) is 10.9. The highest BCUT2D eigenvalue weighted by Crippen LogP contribution is 2.34. The summed E-state index contributed by atoms with van der Waals surface area (Å²) in [6.45, 7) is 11.4. The number of hydrogen-bond acceptors (Lipinski definition) is 2.